The van der Waals surface area contributed by atoms with E-state index in [9.17, 15) is 0 Å². The van der Waals surface area contributed by atoms with Crippen molar-refractivity contribution in [3.8, 4) is 0 Å². The summed E-state index contributed by atoms with van der Waals surface area (Å²) >= 11 is 0. The van der Waals surface area contributed by atoms with Crippen molar-refractivity contribution in [3.63, 3.8) is 0 Å². The topological polar surface area (TPSA) is 58.1 Å². The van der Waals surface area contributed by atoms with Crippen LogP contribution in [0.5, 0.6) is 0 Å². The van der Waals surface area contributed by atoms with E-state index in [0.29, 0.717) is 25.2 Å². The third-order valence-corrected chi connectivity index (χ3v) is 4.25. The Hall–Kier alpha value is -0.850. The lowest BCUT2D eigenvalue weighted by atomic mass is 9.97. The zero-order valence-electron chi connectivity index (χ0n) is 15.4. The monoisotopic (exact) mass is 328 g/mol. The van der Waals surface area contributed by atoms with Crippen LogP contribution in [-0.2, 0) is 9.47 Å². The van der Waals surface area contributed by atoms with Crippen molar-refractivity contribution in [2.75, 3.05) is 60.2 Å². The maximum absolute atomic E-state index is 5.45. The molecule has 6 heteroatoms. The second-order valence-electron chi connectivity index (χ2n) is 6.44. The van der Waals surface area contributed by atoms with Crippen molar-refractivity contribution in [1.29, 1.82) is 0 Å². The Morgan fingerprint density at radius 1 is 1.26 bits per heavy atom. The van der Waals surface area contributed by atoms with E-state index in [2.05, 4.69) is 34.4 Å². The number of aliphatic imine (C=N–C) groups is 1. The Morgan fingerprint density at radius 2 is 2.09 bits per heavy atom. The Balaban J connectivity index is 2.11. The molecule has 1 heterocycles. The fraction of sp³-hybridized carbons (Fsp3) is 0.941. The van der Waals surface area contributed by atoms with Gasteiger partial charge in [-0.2, -0.15) is 0 Å². The Bertz CT molecular complexity index is 324. The van der Waals surface area contributed by atoms with Crippen LogP contribution in [0, 0.1) is 5.92 Å². The molecule has 0 amide bonds. The summed E-state index contributed by atoms with van der Waals surface area (Å²) < 4.78 is 10.4. The van der Waals surface area contributed by atoms with Crippen LogP contribution >= 0.6 is 0 Å². The molecule has 1 aliphatic rings. The van der Waals surface area contributed by atoms with Gasteiger partial charge in [0.25, 0.3) is 0 Å². The van der Waals surface area contributed by atoms with Gasteiger partial charge >= 0.3 is 0 Å². The van der Waals surface area contributed by atoms with Gasteiger partial charge in [-0.15, -0.1) is 0 Å². The predicted octanol–water partition coefficient (Wildman–Crippen LogP) is 1.32. The molecule has 0 spiro atoms. The summed E-state index contributed by atoms with van der Waals surface area (Å²) in [5, 5.41) is 6.81. The molecule has 0 saturated carbocycles. The fourth-order valence-electron chi connectivity index (χ4n) is 2.82. The largest absolute Gasteiger partial charge is 0.382 e. The molecular weight excluding hydrogens is 292 g/mol. The molecule has 23 heavy (non-hydrogen) atoms. The molecule has 1 saturated heterocycles. The molecule has 2 N–H and O–H groups in total. The number of hydrogen-bond acceptors (Lipinski definition) is 4. The minimum Gasteiger partial charge on any atom is -0.382 e. The molecule has 136 valence electrons. The van der Waals surface area contributed by atoms with Gasteiger partial charge in [-0.25, -0.2) is 0 Å². The zero-order valence-corrected chi connectivity index (χ0v) is 15.4. The molecule has 6 nitrogen and oxygen atoms in total. The average molecular weight is 329 g/mol. The first-order valence-electron chi connectivity index (χ1n) is 8.92. The van der Waals surface area contributed by atoms with Crippen LogP contribution in [0.2, 0.25) is 0 Å². The Labute approximate surface area is 142 Å². The van der Waals surface area contributed by atoms with E-state index < -0.39 is 0 Å². The SMILES string of the molecule is CN=C(NCCCOCCOC)NCC1CCCN(C(C)C)C1. The quantitative estimate of drug-likeness (QED) is 0.360. The van der Waals surface area contributed by atoms with Gasteiger partial charge in [0, 0.05) is 46.4 Å². The molecule has 0 bridgehead atoms. The summed E-state index contributed by atoms with van der Waals surface area (Å²) in [6.45, 7) is 10.9. The summed E-state index contributed by atoms with van der Waals surface area (Å²) in [7, 11) is 3.51. The van der Waals surface area contributed by atoms with Crippen molar-refractivity contribution >= 4 is 5.96 Å². The molecule has 0 radical (unpaired) electrons. The Morgan fingerprint density at radius 3 is 2.78 bits per heavy atom. The van der Waals surface area contributed by atoms with E-state index >= 15 is 0 Å². The minimum absolute atomic E-state index is 0.647. The van der Waals surface area contributed by atoms with Crippen LogP contribution in [0.1, 0.15) is 33.1 Å². The molecule has 1 rings (SSSR count). The second-order valence-corrected chi connectivity index (χ2v) is 6.44. The summed E-state index contributed by atoms with van der Waals surface area (Å²) in [6, 6.07) is 0.647. The Kier molecular flexibility index (Phi) is 11.0. The van der Waals surface area contributed by atoms with Crippen molar-refractivity contribution in [3.05, 3.63) is 0 Å². The summed E-state index contributed by atoms with van der Waals surface area (Å²) in [5.74, 6) is 1.60. The third kappa shape index (κ3) is 9.13. The predicted molar refractivity (Wildman–Crippen MR) is 96.1 cm³/mol. The maximum atomic E-state index is 5.45. The standard InChI is InChI=1S/C17H36N4O2/c1-15(2)21-9-5-7-16(14-21)13-20-17(18-3)19-8-6-10-23-12-11-22-4/h15-16H,5-14H2,1-4H3,(H2,18,19,20). The van der Waals surface area contributed by atoms with Gasteiger partial charge in [0.1, 0.15) is 0 Å². The van der Waals surface area contributed by atoms with E-state index in [1.165, 1.54) is 25.9 Å². The van der Waals surface area contributed by atoms with Gasteiger partial charge < -0.3 is 25.0 Å². The maximum Gasteiger partial charge on any atom is 0.190 e. The first-order chi connectivity index (χ1) is 11.2. The van der Waals surface area contributed by atoms with Crippen LogP contribution < -0.4 is 10.6 Å². The van der Waals surface area contributed by atoms with Crippen LogP contribution in [0.4, 0.5) is 0 Å². The number of hydrogen-bond donors (Lipinski definition) is 2. The van der Waals surface area contributed by atoms with Gasteiger partial charge in [-0.1, -0.05) is 0 Å². The molecule has 0 aromatic carbocycles. The highest BCUT2D eigenvalue weighted by molar-refractivity contribution is 5.79. The minimum atomic E-state index is 0.647. The van der Waals surface area contributed by atoms with Crippen LogP contribution in [0.3, 0.4) is 0 Å². The average Bonchev–Trinajstić information content (AvgIpc) is 2.57. The number of nitrogens with one attached hydrogen (secondary N) is 2. The van der Waals surface area contributed by atoms with Crippen molar-refractivity contribution < 1.29 is 9.47 Å². The molecule has 0 aliphatic carbocycles. The van der Waals surface area contributed by atoms with Gasteiger partial charge in [-0.05, 0) is 45.6 Å². The third-order valence-electron chi connectivity index (χ3n) is 4.25. The molecule has 1 unspecified atom stereocenters. The van der Waals surface area contributed by atoms with Crippen LogP contribution in [0.25, 0.3) is 0 Å². The number of piperidine rings is 1. The number of nitrogens with zero attached hydrogens (tertiary/aromatic N) is 2. The second kappa shape index (κ2) is 12.6. The first kappa shape index (κ1) is 20.2. The van der Waals surface area contributed by atoms with Crippen LogP contribution in [0.15, 0.2) is 4.99 Å². The lowest BCUT2D eigenvalue weighted by molar-refractivity contribution is 0.0698. The van der Waals surface area contributed by atoms with Crippen molar-refractivity contribution in [1.82, 2.24) is 15.5 Å². The van der Waals surface area contributed by atoms with Gasteiger partial charge in [0.05, 0.1) is 13.2 Å². The molecule has 1 aliphatic heterocycles. The molecule has 1 fully saturated rings. The normalized spacial score (nSPS) is 20.0. The van der Waals surface area contributed by atoms with Crippen molar-refractivity contribution in [2.24, 2.45) is 10.9 Å². The van der Waals surface area contributed by atoms with E-state index in [1.807, 2.05) is 7.05 Å². The van der Waals surface area contributed by atoms with E-state index in [0.717, 1.165) is 32.1 Å². The summed E-state index contributed by atoms with van der Waals surface area (Å²) in [4.78, 5) is 6.87. The lowest BCUT2D eigenvalue weighted by Crippen LogP contribution is -2.46. The molecular formula is C17H36N4O2. The molecule has 0 aromatic rings. The summed E-state index contributed by atoms with van der Waals surface area (Å²) in [6.07, 6.45) is 3.57. The number of ether oxygens (including phenoxy) is 2. The fourth-order valence-corrected chi connectivity index (χ4v) is 2.82. The van der Waals surface area contributed by atoms with Crippen LogP contribution in [-0.4, -0.2) is 77.1 Å². The number of guanidine groups is 1. The summed E-state index contributed by atoms with van der Waals surface area (Å²) in [5.41, 5.74) is 0. The molecule has 0 aromatic heterocycles. The van der Waals surface area contributed by atoms with Crippen molar-refractivity contribution in [2.45, 2.75) is 39.2 Å². The smallest absolute Gasteiger partial charge is 0.190 e. The van der Waals surface area contributed by atoms with E-state index in [4.69, 9.17) is 9.47 Å². The lowest BCUT2D eigenvalue weighted by Gasteiger charge is -2.35. The number of rotatable bonds is 10. The molecule has 1 atom stereocenters. The highest BCUT2D eigenvalue weighted by atomic mass is 16.5. The highest BCUT2D eigenvalue weighted by Gasteiger charge is 2.21. The number of methoxy groups -OCH3 is 1. The van der Waals surface area contributed by atoms with E-state index in [1.54, 1.807) is 7.11 Å². The number of likely N-dealkylation sites (tertiary alicyclic amines) is 1. The van der Waals surface area contributed by atoms with E-state index in [-0.39, 0.29) is 0 Å². The first-order valence-corrected chi connectivity index (χ1v) is 8.92. The highest BCUT2D eigenvalue weighted by Crippen LogP contribution is 2.17. The van der Waals surface area contributed by atoms with Gasteiger partial charge in [-0.3, -0.25) is 4.99 Å². The van der Waals surface area contributed by atoms with Gasteiger partial charge in [0.15, 0.2) is 5.96 Å². The van der Waals surface area contributed by atoms with Gasteiger partial charge in [0.2, 0.25) is 0 Å². The zero-order chi connectivity index (χ0) is 16.9.